The number of nitrogens with zero attached hydrogens (tertiary/aromatic N) is 2. The Morgan fingerprint density at radius 2 is 1.84 bits per heavy atom. The number of fused-ring (bicyclic) bond motifs is 3. The largest absolute Gasteiger partial charge is 0.491 e. The predicted molar refractivity (Wildman–Crippen MR) is 200 cm³/mol. The SMILES string of the molecule is CO[C@H]1/C=C/CCC[S@@](=O)(NC(=O)CCc2ccc(Cl)cc2)=NC(=O)c2ccc3c(c2)N(Cc2ccc(Cl)cc2CCCCO3)C[C@@H]2CC[C@H]21. The van der Waals surface area contributed by atoms with Crippen molar-refractivity contribution in [2.45, 2.75) is 70.4 Å². The second-order valence-electron chi connectivity index (χ2n) is 13.4. The number of amides is 2. The van der Waals surface area contributed by atoms with E-state index in [4.69, 9.17) is 32.7 Å². The van der Waals surface area contributed by atoms with Crippen LogP contribution in [0.4, 0.5) is 5.69 Å². The van der Waals surface area contributed by atoms with E-state index in [0.29, 0.717) is 65.6 Å². The normalized spacial score (nSPS) is 25.0. The average Bonchev–Trinajstić information content (AvgIpc) is 3.11. The topological polar surface area (TPSA) is 97.3 Å². The van der Waals surface area contributed by atoms with Crippen molar-refractivity contribution in [2.75, 3.05) is 30.9 Å². The van der Waals surface area contributed by atoms with Crippen molar-refractivity contribution >= 4 is 50.6 Å². The van der Waals surface area contributed by atoms with Gasteiger partial charge in [0.2, 0.25) is 5.91 Å². The lowest BCUT2D eigenvalue weighted by atomic mass is 9.70. The minimum atomic E-state index is -3.43. The van der Waals surface area contributed by atoms with Crippen molar-refractivity contribution in [1.82, 2.24) is 4.72 Å². The molecule has 1 saturated carbocycles. The number of ether oxygens (including phenoxy) is 2. The number of nitrogens with one attached hydrogen (secondary N) is 1. The van der Waals surface area contributed by atoms with Gasteiger partial charge >= 0.3 is 0 Å². The highest BCUT2D eigenvalue weighted by Crippen LogP contribution is 2.42. The van der Waals surface area contributed by atoms with Crippen molar-refractivity contribution in [3.63, 3.8) is 0 Å². The lowest BCUT2D eigenvalue weighted by molar-refractivity contribution is -0.119. The van der Waals surface area contributed by atoms with Crippen molar-refractivity contribution in [2.24, 2.45) is 16.2 Å². The van der Waals surface area contributed by atoms with Gasteiger partial charge in [-0.05, 0) is 122 Å². The van der Waals surface area contributed by atoms with Crippen LogP contribution in [-0.4, -0.2) is 48.1 Å². The van der Waals surface area contributed by atoms with Gasteiger partial charge in [-0.3, -0.25) is 14.3 Å². The summed E-state index contributed by atoms with van der Waals surface area (Å²) in [7, 11) is -1.68. The monoisotopic (exact) mass is 737 g/mol. The molecule has 4 atom stereocenters. The maximum atomic E-state index is 14.3. The highest BCUT2D eigenvalue weighted by molar-refractivity contribution is 7.92. The molecule has 3 aliphatic rings. The Bertz CT molecular complexity index is 1840. The highest BCUT2D eigenvalue weighted by Gasteiger charge is 2.38. The molecule has 0 spiro atoms. The van der Waals surface area contributed by atoms with E-state index in [1.165, 1.54) is 11.1 Å². The number of anilines is 1. The van der Waals surface area contributed by atoms with E-state index >= 15 is 0 Å². The van der Waals surface area contributed by atoms with Gasteiger partial charge in [-0.15, -0.1) is 4.36 Å². The number of halogens is 2. The van der Waals surface area contributed by atoms with Gasteiger partial charge in [-0.1, -0.05) is 53.6 Å². The summed E-state index contributed by atoms with van der Waals surface area (Å²) in [6.07, 6.45) is 10.6. The summed E-state index contributed by atoms with van der Waals surface area (Å²) in [5.74, 6) is 0.370. The molecule has 0 saturated heterocycles. The number of hydrogen-bond acceptors (Lipinski definition) is 6. The lowest BCUT2D eigenvalue weighted by Gasteiger charge is -2.43. The third-order valence-electron chi connectivity index (χ3n) is 9.97. The van der Waals surface area contributed by atoms with E-state index in [1.807, 2.05) is 30.3 Å². The number of rotatable bonds is 5. The molecule has 0 unspecified atom stereocenters. The predicted octanol–water partition coefficient (Wildman–Crippen LogP) is 8.38. The number of carbonyl (C=O) groups is 2. The molecule has 2 amide bonds. The van der Waals surface area contributed by atoms with Crippen LogP contribution >= 0.6 is 23.2 Å². The van der Waals surface area contributed by atoms with Crippen LogP contribution in [-0.2, 0) is 38.8 Å². The zero-order valence-electron chi connectivity index (χ0n) is 28.5. The first-order chi connectivity index (χ1) is 24.2. The van der Waals surface area contributed by atoms with Crippen molar-refractivity contribution < 1.29 is 23.3 Å². The number of hydrogen-bond donors (Lipinski definition) is 1. The quantitative estimate of drug-likeness (QED) is 0.264. The van der Waals surface area contributed by atoms with Crippen molar-refractivity contribution in [1.29, 1.82) is 0 Å². The Balaban J connectivity index is 1.36. The molecular formula is C39H45Cl2N3O5S. The zero-order chi connectivity index (χ0) is 35.1. The second-order valence-corrected chi connectivity index (χ2v) is 16.4. The fourth-order valence-electron chi connectivity index (χ4n) is 7.06. The molecule has 266 valence electrons. The van der Waals surface area contributed by atoms with Crippen LogP contribution in [0.2, 0.25) is 10.0 Å². The highest BCUT2D eigenvalue weighted by atomic mass is 35.5. The third kappa shape index (κ3) is 9.29. The smallest absolute Gasteiger partial charge is 0.286 e. The molecule has 1 aliphatic carbocycles. The van der Waals surface area contributed by atoms with E-state index < -0.39 is 21.7 Å². The molecule has 50 heavy (non-hydrogen) atoms. The average molecular weight is 739 g/mol. The maximum absolute atomic E-state index is 14.3. The number of methoxy groups -OCH3 is 1. The van der Waals surface area contributed by atoms with Gasteiger partial charge < -0.3 is 14.4 Å². The molecule has 8 nitrogen and oxygen atoms in total. The molecule has 2 bridgehead atoms. The summed E-state index contributed by atoms with van der Waals surface area (Å²) in [6.45, 7) is 1.88. The first-order valence-corrected chi connectivity index (χ1v) is 20.0. The minimum Gasteiger partial charge on any atom is -0.491 e. The standard InChI is InChI=1S/C39H45Cl2N3O5S/c1-48-36-8-3-2-6-22-50(47,42-38(45)20-11-27-9-15-32(40)16-10-27)43-39(46)29-14-19-37-35(24-29)44(26-31-13-18-34(31)36)25-30-12-17-33(41)23-28(30)7-4-5-21-49-37/h3,8-10,12,14-17,19,23-24,31,34,36H,2,4-7,11,13,18,20-22,25-26H2,1H3,(H,42,43,45,46,47)/b8-3+/t31-,34+,36-,50+/m0/s1. The molecule has 11 heteroatoms. The van der Waals surface area contributed by atoms with Crippen molar-refractivity contribution in [3.05, 3.63) is 105 Å². The van der Waals surface area contributed by atoms with Gasteiger partial charge in [0.25, 0.3) is 5.91 Å². The van der Waals surface area contributed by atoms with Gasteiger partial charge in [0.05, 0.1) is 24.2 Å². The zero-order valence-corrected chi connectivity index (χ0v) is 30.8. The minimum absolute atomic E-state index is 0.0407. The molecule has 0 aromatic heterocycles. The Kier molecular flexibility index (Phi) is 12.2. The molecule has 3 aromatic rings. The molecule has 1 fully saturated rings. The third-order valence-corrected chi connectivity index (χ3v) is 12.3. The van der Waals surface area contributed by atoms with E-state index in [2.05, 4.69) is 38.3 Å². The lowest BCUT2D eigenvalue weighted by Crippen LogP contribution is -2.43. The molecule has 0 radical (unpaired) electrons. The summed E-state index contributed by atoms with van der Waals surface area (Å²) in [6, 6.07) is 18.7. The number of allylic oxidation sites excluding steroid dienone is 1. The Labute approximate surface area is 305 Å². The number of benzene rings is 3. The number of aryl methyl sites for hydroxylation is 2. The summed E-state index contributed by atoms with van der Waals surface area (Å²) >= 11 is 12.5. The van der Waals surface area contributed by atoms with E-state index in [1.54, 1.807) is 25.3 Å². The molecule has 2 heterocycles. The van der Waals surface area contributed by atoms with Crippen molar-refractivity contribution in [3.8, 4) is 5.75 Å². The summed E-state index contributed by atoms with van der Waals surface area (Å²) in [5, 5.41) is 1.33. The molecular weight excluding hydrogens is 693 g/mol. The van der Waals surface area contributed by atoms with Gasteiger partial charge in [-0.2, -0.15) is 0 Å². The Morgan fingerprint density at radius 1 is 1.02 bits per heavy atom. The summed E-state index contributed by atoms with van der Waals surface area (Å²) in [4.78, 5) is 29.3. The summed E-state index contributed by atoms with van der Waals surface area (Å²) < 4.78 is 33.5. The second kappa shape index (κ2) is 16.8. The van der Waals surface area contributed by atoms with E-state index in [0.717, 1.165) is 49.9 Å². The van der Waals surface area contributed by atoms with Gasteiger partial charge in [0, 0.05) is 42.2 Å². The van der Waals surface area contributed by atoms with Crippen LogP contribution < -0.4 is 14.4 Å². The van der Waals surface area contributed by atoms with Gasteiger partial charge in [-0.25, -0.2) is 4.21 Å². The number of carbonyl (C=O) groups excluding carboxylic acids is 2. The van der Waals surface area contributed by atoms with Crippen LogP contribution in [0.1, 0.15) is 72.0 Å². The van der Waals surface area contributed by atoms with Crippen LogP contribution in [0.15, 0.2) is 77.2 Å². The maximum Gasteiger partial charge on any atom is 0.286 e. The van der Waals surface area contributed by atoms with Crippen LogP contribution in [0.3, 0.4) is 0 Å². The van der Waals surface area contributed by atoms with Crippen LogP contribution in [0, 0.1) is 11.8 Å². The molecule has 3 aromatic carbocycles. The van der Waals surface area contributed by atoms with Gasteiger partial charge in [0.1, 0.15) is 15.7 Å². The van der Waals surface area contributed by atoms with E-state index in [9.17, 15) is 13.8 Å². The van der Waals surface area contributed by atoms with Crippen LogP contribution in [0.25, 0.3) is 0 Å². The summed E-state index contributed by atoms with van der Waals surface area (Å²) in [5.41, 5.74) is 4.40. The molecule has 2 aliphatic heterocycles. The Hall–Kier alpha value is -3.37. The molecule has 6 rings (SSSR count). The first-order valence-electron chi connectivity index (χ1n) is 17.5. The molecule has 1 N–H and O–H groups in total. The first kappa shape index (κ1) is 36.4. The Morgan fingerprint density at radius 3 is 2.62 bits per heavy atom. The van der Waals surface area contributed by atoms with Crippen LogP contribution in [0.5, 0.6) is 5.75 Å². The fraction of sp³-hybridized carbons (Fsp3) is 0.436. The van der Waals surface area contributed by atoms with E-state index in [-0.39, 0.29) is 18.3 Å². The fourth-order valence-corrected chi connectivity index (χ4v) is 9.01. The van der Waals surface area contributed by atoms with Gasteiger partial charge in [0.15, 0.2) is 0 Å².